The van der Waals surface area contributed by atoms with Crippen molar-refractivity contribution in [2.75, 3.05) is 13.2 Å². The number of benzene rings is 1. The summed E-state index contributed by atoms with van der Waals surface area (Å²) < 4.78 is 5.15. The van der Waals surface area contributed by atoms with Crippen LogP contribution in [0.15, 0.2) is 24.3 Å². The number of ether oxygens (including phenoxy) is 1. The molecule has 1 fully saturated rings. The van der Waals surface area contributed by atoms with Crippen molar-refractivity contribution >= 4 is 17.9 Å². The highest BCUT2D eigenvalue weighted by molar-refractivity contribution is 6.04. The fraction of sp³-hybridized carbons (Fsp3) is 0.526. The molecular weight excluding hydrogens is 352 g/mol. The van der Waals surface area contributed by atoms with Crippen molar-refractivity contribution < 1.29 is 29.3 Å². The Morgan fingerprint density at radius 2 is 2.04 bits per heavy atom. The van der Waals surface area contributed by atoms with E-state index < -0.39 is 30.8 Å². The van der Waals surface area contributed by atoms with Gasteiger partial charge in [-0.1, -0.05) is 32.9 Å². The minimum Gasteiger partial charge on any atom is -0.482 e. The molecule has 8 nitrogen and oxygen atoms in total. The first kappa shape index (κ1) is 20.7. The van der Waals surface area contributed by atoms with E-state index in [1.165, 1.54) is 4.90 Å². The van der Waals surface area contributed by atoms with Gasteiger partial charge in [-0.25, -0.2) is 9.59 Å². The number of aliphatic hydroxyl groups is 1. The van der Waals surface area contributed by atoms with Crippen molar-refractivity contribution in [1.29, 1.82) is 0 Å². The molecule has 8 heteroatoms. The van der Waals surface area contributed by atoms with E-state index in [-0.39, 0.29) is 24.3 Å². The van der Waals surface area contributed by atoms with Gasteiger partial charge in [-0.15, -0.1) is 0 Å². The molecule has 3 amide bonds. The topological polar surface area (TPSA) is 116 Å². The molecule has 0 spiro atoms. The largest absolute Gasteiger partial charge is 0.482 e. The fourth-order valence-electron chi connectivity index (χ4n) is 2.83. The van der Waals surface area contributed by atoms with Crippen molar-refractivity contribution in [1.82, 2.24) is 10.2 Å². The van der Waals surface area contributed by atoms with Crippen molar-refractivity contribution in [2.45, 2.75) is 45.8 Å². The predicted octanol–water partition coefficient (Wildman–Crippen LogP) is 1.41. The summed E-state index contributed by atoms with van der Waals surface area (Å²) in [6.45, 7) is 5.53. The molecule has 3 N–H and O–H groups in total. The number of carboxylic acid groups (broad SMARTS) is 1. The normalized spacial score (nSPS) is 18.4. The summed E-state index contributed by atoms with van der Waals surface area (Å²) in [5.41, 5.74) is 0.431. The number of carboxylic acids is 1. The van der Waals surface area contributed by atoms with Crippen LogP contribution in [0.2, 0.25) is 0 Å². The van der Waals surface area contributed by atoms with Gasteiger partial charge in [0.15, 0.2) is 6.61 Å². The number of amides is 3. The van der Waals surface area contributed by atoms with Crippen LogP contribution in [0, 0.1) is 5.41 Å². The number of aliphatic carboxylic acids is 1. The predicted molar refractivity (Wildman–Crippen MR) is 97.4 cm³/mol. The van der Waals surface area contributed by atoms with Crippen LogP contribution < -0.4 is 10.1 Å². The fourth-order valence-corrected chi connectivity index (χ4v) is 2.83. The second-order valence-electron chi connectivity index (χ2n) is 7.71. The van der Waals surface area contributed by atoms with Gasteiger partial charge in [-0.3, -0.25) is 10.1 Å². The molecule has 0 bridgehead atoms. The van der Waals surface area contributed by atoms with Gasteiger partial charge >= 0.3 is 12.0 Å². The van der Waals surface area contributed by atoms with Gasteiger partial charge in [0.2, 0.25) is 0 Å². The molecular formula is C19H26N2O6. The maximum atomic E-state index is 12.2. The minimum atomic E-state index is -1.08. The Hall–Kier alpha value is -2.61. The number of nitrogens with zero attached hydrogens (tertiary/aromatic N) is 1. The maximum absolute atomic E-state index is 12.2. The van der Waals surface area contributed by atoms with Crippen molar-refractivity contribution in [3.63, 3.8) is 0 Å². The Balaban J connectivity index is 2.06. The molecule has 1 saturated heterocycles. The summed E-state index contributed by atoms with van der Waals surface area (Å²) in [5, 5.41) is 21.2. The van der Waals surface area contributed by atoms with Crippen molar-refractivity contribution in [3.05, 3.63) is 29.8 Å². The number of rotatable bonds is 8. The highest BCUT2D eigenvalue weighted by Gasteiger charge is 2.38. The Kier molecular flexibility index (Phi) is 6.43. The molecule has 0 aromatic heterocycles. The summed E-state index contributed by atoms with van der Waals surface area (Å²) in [4.78, 5) is 36.4. The van der Waals surface area contributed by atoms with Crippen LogP contribution in [0.3, 0.4) is 0 Å². The maximum Gasteiger partial charge on any atom is 0.341 e. The molecule has 2 rings (SSSR count). The third-order valence-corrected chi connectivity index (χ3v) is 4.50. The first-order chi connectivity index (χ1) is 12.6. The number of aliphatic hydroxyl groups excluding tert-OH is 1. The lowest BCUT2D eigenvalue weighted by atomic mass is 9.87. The minimum absolute atomic E-state index is 0.260. The Labute approximate surface area is 158 Å². The summed E-state index contributed by atoms with van der Waals surface area (Å²) in [6, 6.07) is 5.62. The van der Waals surface area contributed by atoms with Crippen LogP contribution in [-0.4, -0.2) is 58.3 Å². The molecule has 148 valence electrons. The van der Waals surface area contributed by atoms with Crippen LogP contribution in [0.5, 0.6) is 5.75 Å². The molecule has 27 heavy (non-hydrogen) atoms. The molecule has 0 radical (unpaired) electrons. The number of imide groups is 1. The number of hydrogen-bond acceptors (Lipinski definition) is 5. The molecule has 1 aliphatic rings. The summed E-state index contributed by atoms with van der Waals surface area (Å²) in [5.74, 6) is -1.08. The standard InChI is InChI=1S/C19H26N2O6/c1-19(2,3)15(22)7-8-21-14(17(25)20-18(21)26)10-12-5-4-6-13(9-12)27-11-16(23)24/h4-6,9,14-15,22H,7-8,10-11H2,1-3H3,(H,23,24)(H,20,25,26). The number of hydrogen-bond donors (Lipinski definition) is 3. The molecule has 2 atom stereocenters. The van der Waals surface area contributed by atoms with Gasteiger partial charge in [0.1, 0.15) is 11.8 Å². The molecule has 1 aromatic carbocycles. The van der Waals surface area contributed by atoms with E-state index in [0.29, 0.717) is 12.2 Å². The Bertz CT molecular complexity index is 712. The van der Waals surface area contributed by atoms with Gasteiger partial charge < -0.3 is 19.8 Å². The zero-order valence-electron chi connectivity index (χ0n) is 15.8. The lowest BCUT2D eigenvalue weighted by Gasteiger charge is -2.29. The quantitative estimate of drug-likeness (QED) is 0.589. The lowest BCUT2D eigenvalue weighted by Crippen LogP contribution is -2.40. The van der Waals surface area contributed by atoms with Crippen LogP contribution in [0.4, 0.5) is 4.79 Å². The zero-order chi connectivity index (χ0) is 20.2. The average Bonchev–Trinajstić information content (AvgIpc) is 2.83. The van der Waals surface area contributed by atoms with E-state index in [4.69, 9.17) is 9.84 Å². The lowest BCUT2D eigenvalue weighted by molar-refractivity contribution is -0.139. The molecule has 1 heterocycles. The number of carbonyl (C=O) groups is 3. The van der Waals surface area contributed by atoms with Gasteiger partial charge in [0.25, 0.3) is 5.91 Å². The van der Waals surface area contributed by atoms with E-state index in [2.05, 4.69) is 5.32 Å². The number of carbonyl (C=O) groups excluding carboxylic acids is 2. The first-order valence-corrected chi connectivity index (χ1v) is 8.81. The third-order valence-electron chi connectivity index (χ3n) is 4.50. The smallest absolute Gasteiger partial charge is 0.341 e. The van der Waals surface area contributed by atoms with E-state index in [1.807, 2.05) is 20.8 Å². The van der Waals surface area contributed by atoms with Crippen LogP contribution in [0.25, 0.3) is 0 Å². The average molecular weight is 378 g/mol. The molecule has 2 unspecified atom stereocenters. The Morgan fingerprint density at radius 3 is 2.67 bits per heavy atom. The van der Waals surface area contributed by atoms with Gasteiger partial charge in [-0.05, 0) is 29.5 Å². The van der Waals surface area contributed by atoms with Gasteiger partial charge in [-0.2, -0.15) is 0 Å². The highest BCUT2D eigenvalue weighted by Crippen LogP contribution is 2.24. The van der Waals surface area contributed by atoms with Crippen molar-refractivity contribution in [2.24, 2.45) is 5.41 Å². The number of urea groups is 1. The van der Waals surface area contributed by atoms with E-state index in [9.17, 15) is 19.5 Å². The monoisotopic (exact) mass is 378 g/mol. The van der Waals surface area contributed by atoms with Crippen LogP contribution in [0.1, 0.15) is 32.8 Å². The van der Waals surface area contributed by atoms with E-state index in [0.717, 1.165) is 5.56 Å². The summed E-state index contributed by atoms with van der Waals surface area (Å²) in [6.07, 6.45) is 0.0324. The first-order valence-electron chi connectivity index (χ1n) is 8.81. The Morgan fingerprint density at radius 1 is 1.33 bits per heavy atom. The molecule has 0 saturated carbocycles. The van der Waals surface area contributed by atoms with Gasteiger partial charge in [0.05, 0.1) is 6.10 Å². The summed E-state index contributed by atoms with van der Waals surface area (Å²) in [7, 11) is 0. The summed E-state index contributed by atoms with van der Waals surface area (Å²) >= 11 is 0. The van der Waals surface area contributed by atoms with Gasteiger partial charge in [0, 0.05) is 13.0 Å². The van der Waals surface area contributed by atoms with E-state index >= 15 is 0 Å². The van der Waals surface area contributed by atoms with E-state index in [1.54, 1.807) is 24.3 Å². The van der Waals surface area contributed by atoms with Crippen molar-refractivity contribution in [3.8, 4) is 5.75 Å². The van der Waals surface area contributed by atoms with Crippen LogP contribution in [-0.2, 0) is 16.0 Å². The third kappa shape index (κ3) is 5.68. The van der Waals surface area contributed by atoms with Crippen LogP contribution >= 0.6 is 0 Å². The second-order valence-corrected chi connectivity index (χ2v) is 7.71. The molecule has 0 aliphatic carbocycles. The molecule has 1 aromatic rings. The number of nitrogens with one attached hydrogen (secondary N) is 1. The highest BCUT2D eigenvalue weighted by atomic mass is 16.5. The SMILES string of the molecule is CC(C)(C)C(O)CCN1C(=O)NC(=O)C1Cc1cccc(OCC(=O)O)c1. The zero-order valence-corrected chi connectivity index (χ0v) is 15.8. The molecule has 1 aliphatic heterocycles. The second kappa shape index (κ2) is 8.39.